The van der Waals surface area contributed by atoms with E-state index < -0.39 is 9.84 Å². The predicted octanol–water partition coefficient (Wildman–Crippen LogP) is 3.59. The predicted molar refractivity (Wildman–Crippen MR) is 99.0 cm³/mol. The fourth-order valence-electron chi connectivity index (χ4n) is 3.31. The van der Waals surface area contributed by atoms with Crippen molar-refractivity contribution >= 4 is 27.3 Å². The quantitative estimate of drug-likeness (QED) is 0.885. The molecule has 4 nitrogen and oxygen atoms in total. The lowest BCUT2D eigenvalue weighted by atomic mass is 9.83. The van der Waals surface area contributed by atoms with Crippen LogP contribution in [0.5, 0.6) is 0 Å². The topological polar surface area (TPSA) is 63.2 Å². The normalized spacial score (nSPS) is 17.0. The molecule has 1 aliphatic rings. The summed E-state index contributed by atoms with van der Waals surface area (Å²) >= 11 is 5.93. The molecule has 1 N–H and O–H groups in total. The van der Waals surface area contributed by atoms with E-state index in [1.54, 1.807) is 6.07 Å². The number of sulfone groups is 1. The minimum absolute atomic E-state index is 0.0233. The molecule has 25 heavy (non-hydrogen) atoms. The molecule has 1 unspecified atom stereocenters. The van der Waals surface area contributed by atoms with Gasteiger partial charge in [0.25, 0.3) is 5.91 Å². The number of fused-ring (bicyclic) bond motifs is 1. The second kappa shape index (κ2) is 7.18. The Kier molecular flexibility index (Phi) is 5.16. The number of hydrogen-bond acceptors (Lipinski definition) is 3. The number of rotatable bonds is 4. The molecular formula is C19H20ClNO3S. The van der Waals surface area contributed by atoms with E-state index in [9.17, 15) is 13.2 Å². The highest BCUT2D eigenvalue weighted by Gasteiger charge is 2.21. The maximum Gasteiger partial charge on any atom is 0.251 e. The molecule has 0 aliphatic heterocycles. The molecule has 0 spiro atoms. The summed E-state index contributed by atoms with van der Waals surface area (Å²) in [5, 5.41) is 3.06. The van der Waals surface area contributed by atoms with E-state index in [0.29, 0.717) is 12.1 Å². The second-order valence-electron chi connectivity index (χ2n) is 6.42. The van der Waals surface area contributed by atoms with Crippen LogP contribution in [0.2, 0.25) is 5.02 Å². The maximum atomic E-state index is 12.4. The van der Waals surface area contributed by atoms with Gasteiger partial charge in [-0.15, -0.1) is 0 Å². The van der Waals surface area contributed by atoms with Crippen LogP contribution in [0, 0.1) is 0 Å². The maximum absolute atomic E-state index is 12.4. The zero-order chi connectivity index (χ0) is 18.0. The van der Waals surface area contributed by atoms with E-state index in [0.717, 1.165) is 25.5 Å². The summed E-state index contributed by atoms with van der Waals surface area (Å²) in [6, 6.07) is 12.7. The van der Waals surface area contributed by atoms with Gasteiger partial charge in [-0.1, -0.05) is 35.9 Å². The Morgan fingerprint density at radius 2 is 2.00 bits per heavy atom. The third-order valence-electron chi connectivity index (χ3n) is 4.60. The number of aryl methyl sites for hydroxylation is 1. The first kappa shape index (κ1) is 18.0. The molecule has 0 radical (unpaired) electrons. The molecule has 6 heteroatoms. The van der Waals surface area contributed by atoms with Gasteiger partial charge in [0.2, 0.25) is 0 Å². The van der Waals surface area contributed by atoms with Gasteiger partial charge >= 0.3 is 0 Å². The van der Waals surface area contributed by atoms with Gasteiger partial charge in [0, 0.05) is 24.3 Å². The number of carbonyl (C=O) groups excluding carboxylic acids is 1. The van der Waals surface area contributed by atoms with Crippen LogP contribution in [-0.2, 0) is 16.3 Å². The zero-order valence-electron chi connectivity index (χ0n) is 14.0. The average molecular weight is 378 g/mol. The summed E-state index contributed by atoms with van der Waals surface area (Å²) in [7, 11) is -3.48. The van der Waals surface area contributed by atoms with Gasteiger partial charge in [0.05, 0.1) is 9.92 Å². The van der Waals surface area contributed by atoms with Crippen LogP contribution in [0.4, 0.5) is 0 Å². The lowest BCUT2D eigenvalue weighted by Gasteiger charge is -2.25. The number of amides is 1. The van der Waals surface area contributed by atoms with Crippen LogP contribution in [0.3, 0.4) is 0 Å². The Hall–Kier alpha value is -1.85. The summed E-state index contributed by atoms with van der Waals surface area (Å²) < 4.78 is 23.5. The lowest BCUT2D eigenvalue weighted by molar-refractivity contribution is 0.0950. The van der Waals surface area contributed by atoms with Crippen molar-refractivity contribution < 1.29 is 13.2 Å². The Labute approximate surface area is 153 Å². The minimum atomic E-state index is -3.48. The summed E-state index contributed by atoms with van der Waals surface area (Å²) in [5.74, 6) is 0.000185. The van der Waals surface area contributed by atoms with E-state index in [1.165, 1.54) is 23.3 Å². The Morgan fingerprint density at radius 1 is 1.24 bits per heavy atom. The molecule has 2 aromatic rings. The van der Waals surface area contributed by atoms with Gasteiger partial charge < -0.3 is 5.32 Å². The molecule has 3 rings (SSSR count). The Balaban J connectivity index is 1.74. The Morgan fingerprint density at radius 3 is 2.76 bits per heavy atom. The van der Waals surface area contributed by atoms with Crippen molar-refractivity contribution in [3.8, 4) is 0 Å². The van der Waals surface area contributed by atoms with Crippen molar-refractivity contribution in [3.05, 3.63) is 64.2 Å². The molecule has 132 valence electrons. The summed E-state index contributed by atoms with van der Waals surface area (Å²) in [6.07, 6.45) is 4.30. The lowest BCUT2D eigenvalue weighted by Crippen LogP contribution is -2.30. The van der Waals surface area contributed by atoms with Gasteiger partial charge in [-0.25, -0.2) is 8.42 Å². The fourth-order valence-corrected chi connectivity index (χ4v) is 4.61. The number of benzene rings is 2. The highest BCUT2D eigenvalue weighted by atomic mass is 35.5. The van der Waals surface area contributed by atoms with Gasteiger partial charge in [-0.2, -0.15) is 0 Å². The molecule has 0 heterocycles. The van der Waals surface area contributed by atoms with Crippen LogP contribution in [0.1, 0.15) is 40.2 Å². The van der Waals surface area contributed by atoms with E-state index >= 15 is 0 Å². The van der Waals surface area contributed by atoms with Gasteiger partial charge in [0.1, 0.15) is 0 Å². The van der Waals surface area contributed by atoms with Crippen LogP contribution in [0.25, 0.3) is 0 Å². The van der Waals surface area contributed by atoms with E-state index in [1.807, 2.05) is 12.1 Å². The molecule has 2 aromatic carbocycles. The van der Waals surface area contributed by atoms with Crippen LogP contribution in [0.15, 0.2) is 47.4 Å². The van der Waals surface area contributed by atoms with Crippen molar-refractivity contribution in [2.75, 3.05) is 12.8 Å². The van der Waals surface area contributed by atoms with Crippen molar-refractivity contribution in [1.29, 1.82) is 0 Å². The first-order chi connectivity index (χ1) is 11.9. The number of nitrogens with one attached hydrogen (secondary N) is 1. The molecule has 1 aliphatic carbocycles. The Bertz CT molecular complexity index is 909. The third-order valence-corrected chi connectivity index (χ3v) is 6.17. The molecule has 0 bridgehead atoms. The van der Waals surface area contributed by atoms with Gasteiger partial charge in [-0.05, 0) is 48.6 Å². The monoisotopic (exact) mass is 377 g/mol. The summed E-state index contributed by atoms with van der Waals surface area (Å²) in [5.41, 5.74) is 2.94. The smallest absolute Gasteiger partial charge is 0.251 e. The first-order valence-corrected chi connectivity index (χ1v) is 10.5. The van der Waals surface area contributed by atoms with Crippen LogP contribution in [-0.4, -0.2) is 27.1 Å². The molecule has 1 atom stereocenters. The van der Waals surface area contributed by atoms with E-state index in [2.05, 4.69) is 17.4 Å². The molecule has 0 saturated carbocycles. The summed E-state index contributed by atoms with van der Waals surface area (Å²) in [6.45, 7) is 0.534. The third kappa shape index (κ3) is 4.05. The molecule has 0 saturated heterocycles. The average Bonchev–Trinajstić information content (AvgIpc) is 2.59. The van der Waals surface area contributed by atoms with Crippen molar-refractivity contribution in [2.24, 2.45) is 0 Å². The van der Waals surface area contributed by atoms with Gasteiger partial charge in [-0.3, -0.25) is 4.79 Å². The second-order valence-corrected chi connectivity index (χ2v) is 8.81. The summed E-state index contributed by atoms with van der Waals surface area (Å²) in [4.78, 5) is 12.4. The fraction of sp³-hybridized carbons (Fsp3) is 0.316. The minimum Gasteiger partial charge on any atom is -0.351 e. The number of hydrogen-bond donors (Lipinski definition) is 1. The molecular weight excluding hydrogens is 358 g/mol. The molecule has 0 fully saturated rings. The SMILES string of the molecule is CS(=O)(=O)c1cc(C(=O)NCC2CCCc3ccccc32)ccc1Cl. The van der Waals surface area contributed by atoms with Crippen molar-refractivity contribution in [1.82, 2.24) is 5.32 Å². The highest BCUT2D eigenvalue weighted by molar-refractivity contribution is 7.90. The van der Waals surface area contributed by atoms with E-state index in [-0.39, 0.29) is 21.7 Å². The molecule has 1 amide bonds. The largest absolute Gasteiger partial charge is 0.351 e. The first-order valence-electron chi connectivity index (χ1n) is 8.22. The number of carbonyl (C=O) groups is 1. The van der Waals surface area contributed by atoms with Crippen LogP contribution < -0.4 is 5.32 Å². The van der Waals surface area contributed by atoms with Crippen molar-refractivity contribution in [2.45, 2.75) is 30.1 Å². The highest BCUT2D eigenvalue weighted by Crippen LogP contribution is 2.31. The van der Waals surface area contributed by atoms with Crippen LogP contribution >= 0.6 is 11.6 Å². The van der Waals surface area contributed by atoms with Crippen molar-refractivity contribution in [3.63, 3.8) is 0 Å². The van der Waals surface area contributed by atoms with E-state index in [4.69, 9.17) is 11.6 Å². The van der Waals surface area contributed by atoms with Gasteiger partial charge in [0.15, 0.2) is 9.84 Å². The zero-order valence-corrected chi connectivity index (χ0v) is 15.5. The standard InChI is InChI=1S/C19H20ClNO3S/c1-25(23,24)18-11-14(9-10-17(18)20)19(22)21-12-15-7-4-6-13-5-2-3-8-16(13)15/h2-3,5,8-11,15H,4,6-7,12H2,1H3,(H,21,22). The number of halogens is 1. The molecule has 0 aromatic heterocycles.